The number of halogens is 1. The number of likely N-dealkylation sites (N-methyl/N-ethyl adjacent to an activating group) is 1. The highest BCUT2D eigenvalue weighted by Gasteiger charge is 2.03. The molecular formula is C9H16BrN3. The van der Waals surface area contributed by atoms with E-state index < -0.39 is 0 Å². The first kappa shape index (κ1) is 10.8. The van der Waals surface area contributed by atoms with Crippen LogP contribution >= 0.6 is 15.9 Å². The maximum Gasteiger partial charge on any atom is 0.0385 e. The van der Waals surface area contributed by atoms with Crippen molar-refractivity contribution >= 4 is 15.9 Å². The number of nitrogens with zero attached hydrogens (tertiary/aromatic N) is 1. The molecule has 0 radical (unpaired) electrons. The molecule has 0 saturated carbocycles. The van der Waals surface area contributed by atoms with Crippen LogP contribution in [-0.4, -0.2) is 29.5 Å². The fraction of sp³-hybridized carbons (Fsp3) is 0.556. The van der Waals surface area contributed by atoms with Gasteiger partial charge >= 0.3 is 0 Å². The van der Waals surface area contributed by atoms with Gasteiger partial charge in [0.05, 0.1) is 0 Å². The van der Waals surface area contributed by atoms with Crippen molar-refractivity contribution < 1.29 is 0 Å². The highest BCUT2D eigenvalue weighted by atomic mass is 79.9. The molecule has 0 fully saturated rings. The molecular weight excluding hydrogens is 230 g/mol. The SMILES string of the molecule is CCN(CCN)Cc1cc(Br)c[nH]1. The van der Waals surface area contributed by atoms with Crippen molar-refractivity contribution in [1.29, 1.82) is 0 Å². The highest BCUT2D eigenvalue weighted by Crippen LogP contribution is 2.11. The van der Waals surface area contributed by atoms with Gasteiger partial charge in [-0.3, -0.25) is 4.90 Å². The smallest absolute Gasteiger partial charge is 0.0385 e. The number of nitrogens with two attached hydrogens (primary N) is 1. The van der Waals surface area contributed by atoms with E-state index in [0.717, 1.165) is 30.7 Å². The third kappa shape index (κ3) is 3.50. The van der Waals surface area contributed by atoms with Gasteiger partial charge in [-0.2, -0.15) is 0 Å². The summed E-state index contributed by atoms with van der Waals surface area (Å²) in [6, 6.07) is 2.10. The van der Waals surface area contributed by atoms with E-state index in [0.29, 0.717) is 0 Å². The summed E-state index contributed by atoms with van der Waals surface area (Å²) in [7, 11) is 0. The summed E-state index contributed by atoms with van der Waals surface area (Å²) in [5, 5.41) is 0. The summed E-state index contributed by atoms with van der Waals surface area (Å²) in [6.07, 6.45) is 1.95. The third-order valence-corrected chi connectivity index (χ3v) is 2.45. The minimum absolute atomic E-state index is 0.718. The monoisotopic (exact) mass is 245 g/mol. The number of rotatable bonds is 5. The molecule has 1 aromatic rings. The zero-order valence-corrected chi connectivity index (χ0v) is 9.47. The Labute approximate surface area is 87.4 Å². The molecule has 0 aliphatic carbocycles. The Hall–Kier alpha value is -0.320. The number of hydrogen-bond donors (Lipinski definition) is 2. The van der Waals surface area contributed by atoms with E-state index in [1.807, 2.05) is 6.20 Å². The zero-order valence-electron chi connectivity index (χ0n) is 7.89. The maximum absolute atomic E-state index is 5.50. The molecule has 4 heteroatoms. The first-order chi connectivity index (χ1) is 6.26. The summed E-state index contributed by atoms with van der Waals surface area (Å²) in [6.45, 7) is 5.80. The minimum Gasteiger partial charge on any atom is -0.363 e. The first-order valence-corrected chi connectivity index (χ1v) is 5.30. The standard InChI is InChI=1S/C9H16BrN3/c1-2-13(4-3-11)7-9-5-8(10)6-12-9/h5-6,12H,2-4,7,11H2,1H3. The summed E-state index contributed by atoms with van der Waals surface area (Å²) in [5.41, 5.74) is 6.73. The van der Waals surface area contributed by atoms with Crippen LogP contribution < -0.4 is 5.73 Å². The lowest BCUT2D eigenvalue weighted by atomic mass is 10.3. The Bertz CT molecular complexity index is 247. The Morgan fingerprint density at radius 2 is 2.38 bits per heavy atom. The van der Waals surface area contributed by atoms with Crippen LogP contribution in [0.15, 0.2) is 16.7 Å². The topological polar surface area (TPSA) is 45.0 Å². The van der Waals surface area contributed by atoms with Gasteiger partial charge in [-0.05, 0) is 28.5 Å². The van der Waals surface area contributed by atoms with E-state index in [9.17, 15) is 0 Å². The van der Waals surface area contributed by atoms with Crippen LogP contribution in [-0.2, 0) is 6.54 Å². The van der Waals surface area contributed by atoms with E-state index in [1.165, 1.54) is 5.69 Å². The zero-order chi connectivity index (χ0) is 9.68. The lowest BCUT2D eigenvalue weighted by Gasteiger charge is -2.18. The summed E-state index contributed by atoms with van der Waals surface area (Å²) < 4.78 is 1.10. The number of aromatic nitrogens is 1. The summed E-state index contributed by atoms with van der Waals surface area (Å²) in [5.74, 6) is 0. The van der Waals surface area contributed by atoms with Crippen molar-refractivity contribution in [2.75, 3.05) is 19.6 Å². The molecule has 74 valence electrons. The summed E-state index contributed by atoms with van der Waals surface area (Å²) >= 11 is 3.41. The second-order valence-electron chi connectivity index (χ2n) is 3.00. The Morgan fingerprint density at radius 1 is 1.62 bits per heavy atom. The lowest BCUT2D eigenvalue weighted by molar-refractivity contribution is 0.285. The van der Waals surface area contributed by atoms with E-state index in [4.69, 9.17) is 5.73 Å². The molecule has 13 heavy (non-hydrogen) atoms. The molecule has 3 nitrogen and oxygen atoms in total. The largest absolute Gasteiger partial charge is 0.363 e. The molecule has 1 rings (SSSR count). The molecule has 0 bridgehead atoms. The Kier molecular flexibility index (Phi) is 4.48. The fourth-order valence-electron chi connectivity index (χ4n) is 1.28. The Balaban J connectivity index is 2.46. The van der Waals surface area contributed by atoms with Gasteiger partial charge in [0.15, 0.2) is 0 Å². The molecule has 0 unspecified atom stereocenters. The number of hydrogen-bond acceptors (Lipinski definition) is 2. The van der Waals surface area contributed by atoms with Gasteiger partial charge in [-0.1, -0.05) is 6.92 Å². The van der Waals surface area contributed by atoms with Crippen LogP contribution in [0.25, 0.3) is 0 Å². The number of aromatic amines is 1. The van der Waals surface area contributed by atoms with Crippen LogP contribution in [0.3, 0.4) is 0 Å². The van der Waals surface area contributed by atoms with Gasteiger partial charge < -0.3 is 10.7 Å². The minimum atomic E-state index is 0.718. The van der Waals surface area contributed by atoms with Gasteiger partial charge in [0.2, 0.25) is 0 Å². The predicted octanol–water partition coefficient (Wildman–Crippen LogP) is 1.56. The first-order valence-electron chi connectivity index (χ1n) is 4.51. The maximum atomic E-state index is 5.50. The Morgan fingerprint density at radius 3 is 2.85 bits per heavy atom. The van der Waals surface area contributed by atoms with Crippen LogP contribution in [0.5, 0.6) is 0 Å². The van der Waals surface area contributed by atoms with Crippen LogP contribution in [0.1, 0.15) is 12.6 Å². The molecule has 0 aliphatic heterocycles. The van der Waals surface area contributed by atoms with E-state index in [-0.39, 0.29) is 0 Å². The van der Waals surface area contributed by atoms with Gasteiger partial charge in [0.1, 0.15) is 0 Å². The van der Waals surface area contributed by atoms with Crippen molar-refractivity contribution in [3.05, 3.63) is 22.4 Å². The highest BCUT2D eigenvalue weighted by molar-refractivity contribution is 9.10. The summed E-state index contributed by atoms with van der Waals surface area (Å²) in [4.78, 5) is 5.50. The van der Waals surface area contributed by atoms with Gasteiger partial charge in [-0.15, -0.1) is 0 Å². The number of nitrogens with one attached hydrogen (secondary N) is 1. The van der Waals surface area contributed by atoms with Crippen molar-refractivity contribution in [2.24, 2.45) is 5.73 Å². The van der Waals surface area contributed by atoms with E-state index in [1.54, 1.807) is 0 Å². The molecule has 0 amide bonds. The molecule has 0 aromatic carbocycles. The fourth-order valence-corrected chi connectivity index (χ4v) is 1.67. The van der Waals surface area contributed by atoms with Crippen LogP contribution in [0, 0.1) is 0 Å². The van der Waals surface area contributed by atoms with Crippen LogP contribution in [0.4, 0.5) is 0 Å². The van der Waals surface area contributed by atoms with Crippen molar-refractivity contribution in [3.63, 3.8) is 0 Å². The third-order valence-electron chi connectivity index (χ3n) is 1.99. The van der Waals surface area contributed by atoms with Crippen molar-refractivity contribution in [3.8, 4) is 0 Å². The lowest BCUT2D eigenvalue weighted by Crippen LogP contribution is -2.28. The molecule has 3 N–H and O–H groups in total. The van der Waals surface area contributed by atoms with Gasteiger partial charge in [0, 0.05) is 36.0 Å². The van der Waals surface area contributed by atoms with Crippen molar-refractivity contribution in [1.82, 2.24) is 9.88 Å². The second kappa shape index (κ2) is 5.42. The number of H-pyrrole nitrogens is 1. The van der Waals surface area contributed by atoms with Crippen LogP contribution in [0.2, 0.25) is 0 Å². The molecule has 0 atom stereocenters. The van der Waals surface area contributed by atoms with Crippen molar-refractivity contribution in [2.45, 2.75) is 13.5 Å². The predicted molar refractivity (Wildman–Crippen MR) is 58.5 cm³/mol. The van der Waals surface area contributed by atoms with E-state index in [2.05, 4.69) is 38.8 Å². The quantitative estimate of drug-likeness (QED) is 0.828. The van der Waals surface area contributed by atoms with Gasteiger partial charge in [0.25, 0.3) is 0 Å². The molecule has 0 saturated heterocycles. The molecule has 1 heterocycles. The average Bonchev–Trinajstić information content (AvgIpc) is 2.50. The molecule has 0 aliphatic rings. The average molecular weight is 246 g/mol. The molecule has 1 aromatic heterocycles. The second-order valence-corrected chi connectivity index (χ2v) is 3.92. The van der Waals surface area contributed by atoms with Gasteiger partial charge in [-0.25, -0.2) is 0 Å². The van der Waals surface area contributed by atoms with E-state index >= 15 is 0 Å². The molecule has 0 spiro atoms. The normalized spacial score (nSPS) is 11.1.